The lowest BCUT2D eigenvalue weighted by Gasteiger charge is -2.04. The molecule has 136 valence electrons. The smallest absolute Gasteiger partial charge is 0.00733 e. The van der Waals surface area contributed by atoms with Crippen molar-refractivity contribution in [2.45, 2.75) is 25.7 Å². The van der Waals surface area contributed by atoms with E-state index in [1.165, 1.54) is 44.5 Å². The Labute approximate surface area is 167 Å². The van der Waals surface area contributed by atoms with Crippen LogP contribution in [0.2, 0.25) is 0 Å². The molecule has 0 saturated heterocycles. The molecule has 2 aliphatic rings. The normalized spacial score (nSPS) is 13.8. The zero-order valence-electron chi connectivity index (χ0n) is 16.4. The van der Waals surface area contributed by atoms with Crippen LogP contribution in [-0.4, -0.2) is 0 Å². The van der Waals surface area contributed by atoms with Crippen LogP contribution in [0.4, 0.5) is 0 Å². The Balaban J connectivity index is 0.000000122. The Morgan fingerprint density at radius 1 is 0.357 bits per heavy atom. The monoisotopic (exact) mass is 360 g/mol. The van der Waals surface area contributed by atoms with Crippen LogP contribution in [0.3, 0.4) is 0 Å². The van der Waals surface area contributed by atoms with Crippen molar-refractivity contribution >= 4 is 0 Å². The maximum absolute atomic E-state index is 2.28. The Bertz CT molecular complexity index is 968. The van der Waals surface area contributed by atoms with Crippen LogP contribution in [0.15, 0.2) is 97.1 Å². The lowest BCUT2D eigenvalue weighted by atomic mass is 10.00. The van der Waals surface area contributed by atoms with E-state index < -0.39 is 0 Å². The first-order valence-electron chi connectivity index (χ1n) is 10.1. The quantitative estimate of drug-likeness (QED) is 0.302. The second-order valence-electron chi connectivity index (χ2n) is 7.79. The first-order valence-corrected chi connectivity index (χ1v) is 10.1. The van der Waals surface area contributed by atoms with E-state index >= 15 is 0 Å². The molecule has 28 heavy (non-hydrogen) atoms. The van der Waals surface area contributed by atoms with Crippen molar-refractivity contribution in [2.24, 2.45) is 0 Å². The van der Waals surface area contributed by atoms with Gasteiger partial charge in [0.1, 0.15) is 0 Å². The third-order valence-electron chi connectivity index (χ3n) is 6.29. The van der Waals surface area contributed by atoms with Crippen molar-refractivity contribution in [3.8, 4) is 22.3 Å². The van der Waals surface area contributed by atoms with E-state index in [0.29, 0.717) is 11.8 Å². The van der Waals surface area contributed by atoms with Crippen LogP contribution in [0.5, 0.6) is 0 Å². The van der Waals surface area contributed by atoms with Crippen LogP contribution in [0.25, 0.3) is 22.3 Å². The van der Waals surface area contributed by atoms with E-state index in [0.717, 1.165) is 0 Å². The van der Waals surface area contributed by atoms with Gasteiger partial charge in [0.15, 0.2) is 0 Å². The lowest BCUT2D eigenvalue weighted by Crippen LogP contribution is -1.87. The van der Waals surface area contributed by atoms with Crippen LogP contribution in [0.1, 0.15) is 47.9 Å². The SMILES string of the molecule is CC1c2ccccc2-c2ccccc21.CC1c2ccccc2-c2ccccc21. The Kier molecular flexibility index (Phi) is 4.13. The van der Waals surface area contributed by atoms with Gasteiger partial charge in [0, 0.05) is 11.8 Å². The highest BCUT2D eigenvalue weighted by atomic mass is 14.3. The molecule has 4 aromatic rings. The molecule has 4 aromatic carbocycles. The molecular weight excluding hydrogens is 336 g/mol. The molecule has 0 fully saturated rings. The standard InChI is InChI=1S/2C14H12/c2*1-10-11-6-2-4-8-13(11)14-9-5-3-7-12(10)14/h2*2-10H,1H3. The van der Waals surface area contributed by atoms with E-state index in [4.69, 9.17) is 0 Å². The predicted molar refractivity (Wildman–Crippen MR) is 119 cm³/mol. The largest absolute Gasteiger partial charge is 0.0619 e. The number of benzene rings is 4. The van der Waals surface area contributed by atoms with Crippen LogP contribution in [-0.2, 0) is 0 Å². The van der Waals surface area contributed by atoms with Crippen molar-refractivity contribution in [3.63, 3.8) is 0 Å². The topological polar surface area (TPSA) is 0 Å². The van der Waals surface area contributed by atoms with Crippen molar-refractivity contribution < 1.29 is 0 Å². The summed E-state index contributed by atoms with van der Waals surface area (Å²) in [5.41, 5.74) is 11.5. The summed E-state index contributed by atoms with van der Waals surface area (Å²) in [5, 5.41) is 0. The highest BCUT2D eigenvalue weighted by Gasteiger charge is 2.24. The summed E-state index contributed by atoms with van der Waals surface area (Å²) < 4.78 is 0. The maximum atomic E-state index is 2.28. The minimum atomic E-state index is 0.558. The van der Waals surface area contributed by atoms with Gasteiger partial charge in [0.05, 0.1) is 0 Å². The minimum Gasteiger partial charge on any atom is -0.0619 e. The molecule has 0 atom stereocenters. The van der Waals surface area contributed by atoms with E-state index in [1.54, 1.807) is 0 Å². The van der Waals surface area contributed by atoms with Crippen LogP contribution in [0, 0.1) is 0 Å². The predicted octanol–water partition coefficient (Wildman–Crippen LogP) is 7.64. The first kappa shape index (κ1) is 17.0. The van der Waals surface area contributed by atoms with Gasteiger partial charge in [-0.1, -0.05) is 111 Å². The Morgan fingerprint density at radius 2 is 0.571 bits per heavy atom. The third-order valence-corrected chi connectivity index (χ3v) is 6.29. The fourth-order valence-electron chi connectivity index (χ4n) is 4.81. The molecule has 0 heteroatoms. The van der Waals surface area contributed by atoms with Gasteiger partial charge < -0.3 is 0 Å². The van der Waals surface area contributed by atoms with Gasteiger partial charge in [-0.15, -0.1) is 0 Å². The summed E-state index contributed by atoms with van der Waals surface area (Å²) >= 11 is 0. The summed E-state index contributed by atoms with van der Waals surface area (Å²) in [6.45, 7) is 4.56. The van der Waals surface area contributed by atoms with E-state index in [9.17, 15) is 0 Å². The average Bonchev–Trinajstić information content (AvgIpc) is 3.22. The molecule has 0 N–H and O–H groups in total. The van der Waals surface area contributed by atoms with Crippen molar-refractivity contribution in [1.29, 1.82) is 0 Å². The molecule has 6 rings (SSSR count). The van der Waals surface area contributed by atoms with Gasteiger partial charge in [0.2, 0.25) is 0 Å². The van der Waals surface area contributed by atoms with Crippen LogP contribution < -0.4 is 0 Å². The molecule has 0 unspecified atom stereocenters. The Morgan fingerprint density at radius 3 is 0.821 bits per heavy atom. The van der Waals surface area contributed by atoms with Gasteiger partial charge in [-0.3, -0.25) is 0 Å². The van der Waals surface area contributed by atoms with Gasteiger partial charge in [-0.2, -0.15) is 0 Å². The average molecular weight is 361 g/mol. The second kappa shape index (κ2) is 6.80. The molecule has 0 heterocycles. The van der Waals surface area contributed by atoms with E-state index in [2.05, 4.69) is 111 Å². The Hall–Kier alpha value is -3.12. The second-order valence-corrected chi connectivity index (χ2v) is 7.79. The third kappa shape index (κ3) is 2.60. The molecule has 0 aromatic heterocycles. The summed E-state index contributed by atoms with van der Waals surface area (Å²) in [4.78, 5) is 0. The number of rotatable bonds is 0. The van der Waals surface area contributed by atoms with Gasteiger partial charge in [0.25, 0.3) is 0 Å². The molecule has 0 bridgehead atoms. The summed E-state index contributed by atoms with van der Waals surface area (Å²) in [6, 6.07) is 34.8. The molecular formula is C28H24. The van der Waals surface area contributed by atoms with Crippen molar-refractivity contribution in [1.82, 2.24) is 0 Å². The van der Waals surface area contributed by atoms with Gasteiger partial charge in [-0.25, -0.2) is 0 Å². The zero-order chi connectivity index (χ0) is 19.1. The van der Waals surface area contributed by atoms with Gasteiger partial charge >= 0.3 is 0 Å². The molecule has 0 amide bonds. The maximum Gasteiger partial charge on any atom is 0.00733 e. The van der Waals surface area contributed by atoms with Gasteiger partial charge in [-0.05, 0) is 44.5 Å². The zero-order valence-corrected chi connectivity index (χ0v) is 16.4. The molecule has 2 aliphatic carbocycles. The molecule has 0 radical (unpaired) electrons. The lowest BCUT2D eigenvalue weighted by molar-refractivity contribution is 0.957. The fourth-order valence-corrected chi connectivity index (χ4v) is 4.81. The summed E-state index contributed by atoms with van der Waals surface area (Å²) in [7, 11) is 0. The number of hydrogen-bond acceptors (Lipinski definition) is 0. The van der Waals surface area contributed by atoms with Crippen molar-refractivity contribution in [3.05, 3.63) is 119 Å². The fraction of sp³-hybridized carbons (Fsp3) is 0.143. The van der Waals surface area contributed by atoms with E-state index in [1.807, 2.05) is 0 Å². The first-order chi connectivity index (χ1) is 13.8. The number of hydrogen-bond donors (Lipinski definition) is 0. The number of fused-ring (bicyclic) bond motifs is 6. The highest BCUT2D eigenvalue weighted by molar-refractivity contribution is 5.79. The molecule has 0 saturated carbocycles. The minimum absolute atomic E-state index is 0.558. The molecule has 0 aliphatic heterocycles. The van der Waals surface area contributed by atoms with Crippen molar-refractivity contribution in [2.75, 3.05) is 0 Å². The summed E-state index contributed by atoms with van der Waals surface area (Å²) in [5.74, 6) is 1.12. The highest BCUT2D eigenvalue weighted by Crippen LogP contribution is 2.44. The molecule has 0 nitrogen and oxygen atoms in total. The van der Waals surface area contributed by atoms with Crippen LogP contribution >= 0.6 is 0 Å². The molecule has 0 spiro atoms. The summed E-state index contributed by atoms with van der Waals surface area (Å²) in [6.07, 6.45) is 0. The van der Waals surface area contributed by atoms with E-state index in [-0.39, 0.29) is 0 Å².